The Morgan fingerprint density at radius 1 is 1.11 bits per heavy atom. The lowest BCUT2D eigenvalue weighted by Gasteiger charge is -2.10. The van der Waals surface area contributed by atoms with Gasteiger partial charge >= 0.3 is 0 Å². The molecule has 28 heavy (non-hydrogen) atoms. The van der Waals surface area contributed by atoms with Crippen LogP contribution in [-0.4, -0.2) is 46.9 Å². The van der Waals surface area contributed by atoms with E-state index in [0.29, 0.717) is 35.9 Å². The van der Waals surface area contributed by atoms with Crippen molar-refractivity contribution in [3.8, 4) is 22.9 Å². The zero-order chi connectivity index (χ0) is 19.9. The third-order valence-corrected chi connectivity index (χ3v) is 4.02. The average molecular weight is 385 g/mol. The Morgan fingerprint density at radius 3 is 2.57 bits per heavy atom. The summed E-state index contributed by atoms with van der Waals surface area (Å²) in [5, 5.41) is 14.7. The highest BCUT2D eigenvalue weighted by molar-refractivity contribution is 5.75. The smallest absolute Gasteiger partial charge is 0.243 e. The van der Waals surface area contributed by atoms with Crippen molar-refractivity contribution >= 4 is 5.91 Å². The summed E-state index contributed by atoms with van der Waals surface area (Å²) < 4.78 is 23.4. The number of nitrogens with one attached hydrogen (secondary N) is 1. The van der Waals surface area contributed by atoms with Gasteiger partial charge in [0.2, 0.25) is 11.7 Å². The van der Waals surface area contributed by atoms with Crippen molar-refractivity contribution in [2.45, 2.75) is 13.0 Å². The van der Waals surface area contributed by atoms with E-state index in [2.05, 4.69) is 20.7 Å². The molecule has 3 rings (SSSR count). The number of hydrogen-bond acceptors (Lipinski definition) is 6. The maximum atomic E-state index is 13.0. The topological polar surface area (TPSA) is 91.2 Å². The van der Waals surface area contributed by atoms with Crippen LogP contribution in [0.25, 0.3) is 11.4 Å². The molecule has 0 atom stereocenters. The predicted octanol–water partition coefficient (Wildman–Crippen LogP) is 1.86. The fourth-order valence-electron chi connectivity index (χ4n) is 2.59. The molecule has 0 spiro atoms. The lowest BCUT2D eigenvalue weighted by Crippen LogP contribution is -2.30. The van der Waals surface area contributed by atoms with E-state index in [1.807, 2.05) is 18.2 Å². The van der Waals surface area contributed by atoms with Gasteiger partial charge in [0.05, 0.1) is 14.2 Å². The molecular weight excluding hydrogens is 365 g/mol. The Morgan fingerprint density at radius 2 is 1.86 bits per heavy atom. The van der Waals surface area contributed by atoms with Crippen LogP contribution in [0, 0.1) is 5.82 Å². The Hall–Kier alpha value is -3.49. The standard InChI is InChI=1S/C19H20FN5O3/c1-27-16-8-3-13(11-17(16)28-2)9-10-21-18(26)12-25-23-19(22-24-25)14-4-6-15(20)7-5-14/h3-8,11H,9-10,12H2,1-2H3,(H,21,26). The van der Waals surface area contributed by atoms with Crippen molar-refractivity contribution in [3.05, 3.63) is 53.8 Å². The highest BCUT2D eigenvalue weighted by atomic mass is 19.1. The predicted molar refractivity (Wildman–Crippen MR) is 99.5 cm³/mol. The van der Waals surface area contributed by atoms with Gasteiger partial charge in [-0.3, -0.25) is 4.79 Å². The molecule has 0 aliphatic rings. The maximum Gasteiger partial charge on any atom is 0.243 e. The van der Waals surface area contributed by atoms with Gasteiger partial charge in [0.1, 0.15) is 12.4 Å². The summed E-state index contributed by atoms with van der Waals surface area (Å²) in [6, 6.07) is 11.4. The summed E-state index contributed by atoms with van der Waals surface area (Å²) in [5.41, 5.74) is 1.64. The first-order chi connectivity index (χ1) is 13.6. The average Bonchev–Trinajstić information content (AvgIpc) is 3.16. The number of ether oxygens (including phenoxy) is 2. The van der Waals surface area contributed by atoms with E-state index in [1.165, 1.54) is 16.9 Å². The van der Waals surface area contributed by atoms with E-state index < -0.39 is 0 Å². The van der Waals surface area contributed by atoms with E-state index in [9.17, 15) is 9.18 Å². The van der Waals surface area contributed by atoms with Gasteiger partial charge in [0.15, 0.2) is 11.5 Å². The molecule has 0 unspecified atom stereocenters. The number of hydrogen-bond donors (Lipinski definition) is 1. The van der Waals surface area contributed by atoms with Gasteiger partial charge in [0.25, 0.3) is 0 Å². The van der Waals surface area contributed by atoms with Gasteiger partial charge in [-0.2, -0.15) is 4.80 Å². The Kier molecular flexibility index (Phi) is 6.15. The summed E-state index contributed by atoms with van der Waals surface area (Å²) in [5.74, 6) is 1.06. The Bertz CT molecular complexity index is 943. The second-order valence-electron chi connectivity index (χ2n) is 5.94. The number of aromatic nitrogens is 4. The molecule has 146 valence electrons. The Labute approximate surface area is 161 Å². The quantitative estimate of drug-likeness (QED) is 0.636. The van der Waals surface area contributed by atoms with Crippen LogP contribution < -0.4 is 14.8 Å². The van der Waals surface area contributed by atoms with Gasteiger partial charge in [-0.15, -0.1) is 10.2 Å². The SMILES string of the molecule is COc1ccc(CCNC(=O)Cn2nnc(-c3ccc(F)cc3)n2)cc1OC. The van der Waals surface area contributed by atoms with Crippen LogP contribution in [0.2, 0.25) is 0 Å². The molecule has 0 aliphatic carbocycles. The van der Waals surface area contributed by atoms with Gasteiger partial charge in [0, 0.05) is 12.1 Å². The van der Waals surface area contributed by atoms with Gasteiger partial charge in [-0.05, 0) is 53.6 Å². The molecule has 1 heterocycles. The van der Waals surface area contributed by atoms with Crippen molar-refractivity contribution in [1.29, 1.82) is 0 Å². The number of tetrazole rings is 1. The number of halogens is 1. The molecule has 0 fully saturated rings. The first-order valence-corrected chi connectivity index (χ1v) is 8.60. The number of nitrogens with zero attached hydrogens (tertiary/aromatic N) is 4. The van der Waals surface area contributed by atoms with Crippen molar-refractivity contribution in [3.63, 3.8) is 0 Å². The zero-order valence-electron chi connectivity index (χ0n) is 15.6. The molecule has 2 aromatic carbocycles. The molecule has 0 saturated heterocycles. The monoisotopic (exact) mass is 385 g/mol. The summed E-state index contributed by atoms with van der Waals surface area (Å²) in [4.78, 5) is 13.3. The fraction of sp³-hybridized carbons (Fsp3) is 0.263. The van der Waals surface area contributed by atoms with Crippen molar-refractivity contribution in [2.75, 3.05) is 20.8 Å². The van der Waals surface area contributed by atoms with Crippen LogP contribution >= 0.6 is 0 Å². The van der Waals surface area contributed by atoms with Crippen LogP contribution in [0.5, 0.6) is 11.5 Å². The largest absolute Gasteiger partial charge is 0.493 e. The van der Waals surface area contributed by atoms with Gasteiger partial charge in [-0.1, -0.05) is 6.07 Å². The summed E-state index contributed by atoms with van der Waals surface area (Å²) in [6.07, 6.45) is 0.637. The van der Waals surface area contributed by atoms with Crippen molar-refractivity contribution in [2.24, 2.45) is 0 Å². The number of carbonyl (C=O) groups is 1. The maximum absolute atomic E-state index is 13.0. The van der Waals surface area contributed by atoms with Gasteiger partial charge in [-0.25, -0.2) is 4.39 Å². The number of rotatable bonds is 8. The normalized spacial score (nSPS) is 10.5. The Balaban J connectivity index is 1.50. The fourth-order valence-corrected chi connectivity index (χ4v) is 2.59. The zero-order valence-corrected chi connectivity index (χ0v) is 15.6. The third kappa shape index (κ3) is 4.81. The van der Waals surface area contributed by atoms with Crippen molar-refractivity contribution in [1.82, 2.24) is 25.5 Å². The lowest BCUT2D eigenvalue weighted by molar-refractivity contribution is -0.122. The summed E-state index contributed by atoms with van der Waals surface area (Å²) in [7, 11) is 3.16. The van der Waals surface area contributed by atoms with Crippen LogP contribution in [0.3, 0.4) is 0 Å². The number of amides is 1. The summed E-state index contributed by atoms with van der Waals surface area (Å²) in [6.45, 7) is 0.397. The number of methoxy groups -OCH3 is 2. The minimum atomic E-state index is -0.343. The summed E-state index contributed by atoms with van der Waals surface area (Å²) >= 11 is 0. The van der Waals surface area contributed by atoms with Gasteiger partial charge < -0.3 is 14.8 Å². The van der Waals surface area contributed by atoms with Crippen molar-refractivity contribution < 1.29 is 18.7 Å². The van der Waals surface area contributed by atoms with Crippen LogP contribution in [-0.2, 0) is 17.8 Å². The van der Waals surface area contributed by atoms with E-state index in [0.717, 1.165) is 5.56 Å². The molecular formula is C19H20FN5O3. The molecule has 9 heteroatoms. The first-order valence-electron chi connectivity index (χ1n) is 8.60. The van der Waals surface area contributed by atoms with E-state index >= 15 is 0 Å². The molecule has 0 saturated carbocycles. The van der Waals surface area contributed by atoms with E-state index in [4.69, 9.17) is 9.47 Å². The van der Waals surface area contributed by atoms with Crippen LogP contribution in [0.15, 0.2) is 42.5 Å². The molecule has 0 bridgehead atoms. The lowest BCUT2D eigenvalue weighted by atomic mass is 10.1. The van der Waals surface area contributed by atoms with E-state index in [-0.39, 0.29) is 18.3 Å². The number of carbonyl (C=O) groups excluding carboxylic acids is 1. The molecule has 8 nitrogen and oxygen atoms in total. The molecule has 1 aromatic heterocycles. The second-order valence-corrected chi connectivity index (χ2v) is 5.94. The molecule has 3 aromatic rings. The number of benzene rings is 2. The minimum Gasteiger partial charge on any atom is -0.493 e. The van der Waals surface area contributed by atoms with E-state index in [1.54, 1.807) is 26.4 Å². The third-order valence-electron chi connectivity index (χ3n) is 4.02. The molecule has 1 amide bonds. The van der Waals surface area contributed by atoms with Crippen LogP contribution in [0.1, 0.15) is 5.56 Å². The second kappa shape index (κ2) is 8.94. The van der Waals surface area contributed by atoms with Crippen LogP contribution in [0.4, 0.5) is 4.39 Å². The highest BCUT2D eigenvalue weighted by Crippen LogP contribution is 2.27. The minimum absolute atomic E-state index is 0.0554. The molecule has 1 N–H and O–H groups in total. The first kappa shape index (κ1) is 19.3. The molecule has 0 radical (unpaired) electrons. The molecule has 0 aliphatic heterocycles. The highest BCUT2D eigenvalue weighted by Gasteiger charge is 2.10.